The summed E-state index contributed by atoms with van der Waals surface area (Å²) < 4.78 is 4.86. The Balaban J connectivity index is 1.91. The number of hydrogen-bond donors (Lipinski definition) is 1. The summed E-state index contributed by atoms with van der Waals surface area (Å²) in [6.45, 7) is 5.35. The quantitative estimate of drug-likeness (QED) is 0.679. The first-order valence-electron chi connectivity index (χ1n) is 6.99. The van der Waals surface area contributed by atoms with Crippen molar-refractivity contribution in [2.24, 2.45) is 5.73 Å². The van der Waals surface area contributed by atoms with E-state index < -0.39 is 5.97 Å². The Morgan fingerprint density at radius 3 is 2.48 bits per heavy atom. The van der Waals surface area contributed by atoms with Gasteiger partial charge in [-0.1, -0.05) is 11.6 Å². The number of hydrogen-bond acceptors (Lipinski definition) is 5. The van der Waals surface area contributed by atoms with Gasteiger partial charge >= 0.3 is 5.97 Å². The number of piperazine rings is 1. The van der Waals surface area contributed by atoms with E-state index in [9.17, 15) is 4.79 Å². The topological polar surface area (TPSA) is 58.8 Å². The Morgan fingerprint density at radius 2 is 1.90 bits per heavy atom. The van der Waals surface area contributed by atoms with Crippen LogP contribution in [0.5, 0.6) is 0 Å². The molecule has 1 aliphatic rings. The standard InChI is InChI=1S/C15H20ClN3O2/c1-2-21-15(20)11-14(17)19-9-7-18(8-10-19)13-5-3-12(16)4-6-13/h3-6,11H,2,7-10,17H2,1H3/b14-11-. The van der Waals surface area contributed by atoms with Crippen molar-refractivity contribution in [3.8, 4) is 0 Å². The highest BCUT2D eigenvalue weighted by atomic mass is 35.5. The first kappa shape index (κ1) is 15.5. The van der Waals surface area contributed by atoms with Crippen LogP contribution in [0.2, 0.25) is 5.02 Å². The van der Waals surface area contributed by atoms with Gasteiger partial charge in [0.1, 0.15) is 5.82 Å². The summed E-state index contributed by atoms with van der Waals surface area (Å²) in [5.74, 6) is 0.0688. The maximum Gasteiger partial charge on any atom is 0.334 e. The molecular weight excluding hydrogens is 290 g/mol. The largest absolute Gasteiger partial charge is 0.463 e. The molecule has 1 heterocycles. The van der Waals surface area contributed by atoms with Crippen molar-refractivity contribution in [1.82, 2.24) is 4.90 Å². The number of benzene rings is 1. The molecule has 0 radical (unpaired) electrons. The Morgan fingerprint density at radius 1 is 1.29 bits per heavy atom. The van der Waals surface area contributed by atoms with Crippen LogP contribution < -0.4 is 10.6 Å². The number of esters is 1. The van der Waals surface area contributed by atoms with E-state index in [1.54, 1.807) is 6.92 Å². The van der Waals surface area contributed by atoms with Gasteiger partial charge in [-0.05, 0) is 31.2 Å². The first-order chi connectivity index (χ1) is 10.1. The van der Waals surface area contributed by atoms with Crippen LogP contribution in [0.4, 0.5) is 5.69 Å². The second-order valence-corrected chi connectivity index (χ2v) is 5.21. The van der Waals surface area contributed by atoms with Gasteiger partial charge in [0.25, 0.3) is 0 Å². The van der Waals surface area contributed by atoms with E-state index in [2.05, 4.69) is 4.90 Å². The van der Waals surface area contributed by atoms with Crippen LogP contribution in [0.1, 0.15) is 6.92 Å². The van der Waals surface area contributed by atoms with Crippen LogP contribution in [-0.4, -0.2) is 43.7 Å². The van der Waals surface area contributed by atoms with Crippen molar-refractivity contribution in [2.45, 2.75) is 6.92 Å². The molecule has 0 atom stereocenters. The van der Waals surface area contributed by atoms with E-state index in [0.29, 0.717) is 12.4 Å². The number of nitrogens with zero attached hydrogens (tertiary/aromatic N) is 2. The smallest absolute Gasteiger partial charge is 0.334 e. The summed E-state index contributed by atoms with van der Waals surface area (Å²) in [5.41, 5.74) is 7.08. The lowest BCUT2D eigenvalue weighted by Gasteiger charge is -2.37. The van der Waals surface area contributed by atoms with Gasteiger partial charge in [-0.3, -0.25) is 0 Å². The van der Waals surface area contributed by atoms with E-state index in [4.69, 9.17) is 22.1 Å². The molecule has 6 heteroatoms. The van der Waals surface area contributed by atoms with Crippen LogP contribution in [-0.2, 0) is 9.53 Å². The number of nitrogens with two attached hydrogens (primary N) is 1. The van der Waals surface area contributed by atoms with Gasteiger partial charge in [0, 0.05) is 36.9 Å². The molecule has 114 valence electrons. The Kier molecular flexibility index (Phi) is 5.33. The van der Waals surface area contributed by atoms with Gasteiger partial charge in [0.15, 0.2) is 0 Å². The van der Waals surface area contributed by atoms with E-state index >= 15 is 0 Å². The fourth-order valence-corrected chi connectivity index (χ4v) is 2.40. The van der Waals surface area contributed by atoms with Crippen molar-refractivity contribution in [3.63, 3.8) is 0 Å². The van der Waals surface area contributed by atoms with Crippen LogP contribution in [0, 0.1) is 0 Å². The molecule has 21 heavy (non-hydrogen) atoms. The third-order valence-electron chi connectivity index (χ3n) is 3.39. The van der Waals surface area contributed by atoms with Crippen molar-refractivity contribution in [2.75, 3.05) is 37.7 Å². The zero-order chi connectivity index (χ0) is 15.2. The second-order valence-electron chi connectivity index (χ2n) is 4.77. The molecule has 0 saturated carbocycles. The zero-order valence-corrected chi connectivity index (χ0v) is 12.8. The summed E-state index contributed by atoms with van der Waals surface area (Å²) >= 11 is 5.89. The van der Waals surface area contributed by atoms with E-state index in [0.717, 1.165) is 36.9 Å². The minimum absolute atomic E-state index is 0.354. The minimum Gasteiger partial charge on any atom is -0.463 e. The third-order valence-corrected chi connectivity index (χ3v) is 3.64. The summed E-state index contributed by atoms with van der Waals surface area (Å²) in [5, 5.41) is 0.735. The van der Waals surface area contributed by atoms with E-state index in [-0.39, 0.29) is 0 Å². The van der Waals surface area contributed by atoms with Gasteiger partial charge in [-0.2, -0.15) is 0 Å². The lowest BCUT2D eigenvalue weighted by molar-refractivity contribution is -0.137. The number of carbonyl (C=O) groups excluding carboxylic acids is 1. The summed E-state index contributed by atoms with van der Waals surface area (Å²) in [7, 11) is 0. The number of halogens is 1. The molecular formula is C15H20ClN3O2. The molecule has 1 fully saturated rings. The molecule has 2 rings (SSSR count). The average molecular weight is 310 g/mol. The number of rotatable bonds is 4. The highest BCUT2D eigenvalue weighted by molar-refractivity contribution is 6.30. The normalized spacial score (nSPS) is 16.0. The van der Waals surface area contributed by atoms with Gasteiger partial charge in [0.2, 0.25) is 0 Å². The molecule has 5 nitrogen and oxygen atoms in total. The van der Waals surface area contributed by atoms with E-state index in [1.807, 2.05) is 29.2 Å². The SMILES string of the molecule is CCOC(=O)/C=C(/N)N1CCN(c2ccc(Cl)cc2)CC1. The minimum atomic E-state index is -0.393. The molecule has 1 saturated heterocycles. The van der Waals surface area contributed by atoms with Gasteiger partial charge < -0.3 is 20.3 Å². The summed E-state index contributed by atoms with van der Waals surface area (Å²) in [6, 6.07) is 7.79. The third kappa shape index (κ3) is 4.29. The molecule has 0 unspecified atom stereocenters. The Hall–Kier alpha value is -1.88. The fourth-order valence-electron chi connectivity index (χ4n) is 2.27. The Labute approximate surface area is 129 Å². The maximum absolute atomic E-state index is 11.4. The predicted octanol–water partition coefficient (Wildman–Crippen LogP) is 1.83. The molecule has 2 N–H and O–H groups in total. The molecule has 0 bridgehead atoms. The van der Waals surface area contributed by atoms with Gasteiger partial charge in [0.05, 0.1) is 12.7 Å². The Bertz CT molecular complexity index is 508. The van der Waals surface area contributed by atoms with Gasteiger partial charge in [-0.25, -0.2) is 4.79 Å². The first-order valence-corrected chi connectivity index (χ1v) is 7.37. The van der Waals surface area contributed by atoms with Crippen LogP contribution in [0.3, 0.4) is 0 Å². The molecule has 1 aromatic carbocycles. The summed E-state index contributed by atoms with van der Waals surface area (Å²) in [6.07, 6.45) is 1.35. The van der Waals surface area contributed by atoms with Crippen LogP contribution in [0.25, 0.3) is 0 Å². The number of carbonyl (C=O) groups is 1. The molecule has 0 aromatic heterocycles. The summed E-state index contributed by atoms with van der Waals surface area (Å²) in [4.78, 5) is 15.6. The predicted molar refractivity (Wildman–Crippen MR) is 84.1 cm³/mol. The highest BCUT2D eigenvalue weighted by Gasteiger charge is 2.18. The van der Waals surface area contributed by atoms with Gasteiger partial charge in [-0.15, -0.1) is 0 Å². The van der Waals surface area contributed by atoms with Crippen molar-refractivity contribution in [1.29, 1.82) is 0 Å². The number of ether oxygens (including phenoxy) is 1. The fraction of sp³-hybridized carbons (Fsp3) is 0.400. The van der Waals surface area contributed by atoms with Crippen molar-refractivity contribution in [3.05, 3.63) is 41.2 Å². The zero-order valence-electron chi connectivity index (χ0n) is 12.1. The van der Waals surface area contributed by atoms with E-state index in [1.165, 1.54) is 6.08 Å². The molecule has 0 spiro atoms. The molecule has 0 aliphatic carbocycles. The lowest BCUT2D eigenvalue weighted by Crippen LogP contribution is -2.47. The van der Waals surface area contributed by atoms with Crippen LogP contribution in [0.15, 0.2) is 36.2 Å². The average Bonchev–Trinajstić information content (AvgIpc) is 2.48. The second kappa shape index (κ2) is 7.22. The lowest BCUT2D eigenvalue weighted by atomic mass is 10.2. The molecule has 1 aliphatic heterocycles. The van der Waals surface area contributed by atoms with Crippen molar-refractivity contribution >= 4 is 23.3 Å². The maximum atomic E-state index is 11.4. The molecule has 0 amide bonds. The monoisotopic (exact) mass is 309 g/mol. The van der Waals surface area contributed by atoms with Crippen molar-refractivity contribution < 1.29 is 9.53 Å². The molecule has 1 aromatic rings. The van der Waals surface area contributed by atoms with Crippen LogP contribution >= 0.6 is 11.6 Å². The highest BCUT2D eigenvalue weighted by Crippen LogP contribution is 2.19. The number of anilines is 1.